The van der Waals surface area contributed by atoms with Gasteiger partial charge in [0.15, 0.2) is 5.17 Å². The number of aromatic nitrogens is 1. The van der Waals surface area contributed by atoms with E-state index in [1.807, 2.05) is 57.3 Å². The third-order valence-electron chi connectivity index (χ3n) is 5.12. The molecule has 1 amide bonds. The lowest BCUT2D eigenvalue weighted by atomic mass is 10.3. The summed E-state index contributed by atoms with van der Waals surface area (Å²) < 4.78 is 6.51. The number of anilines is 1. The van der Waals surface area contributed by atoms with Crippen molar-refractivity contribution in [1.82, 2.24) is 9.88 Å². The van der Waals surface area contributed by atoms with Gasteiger partial charge in [0.25, 0.3) is 5.91 Å². The average Bonchev–Trinajstić information content (AvgIpc) is 3.39. The van der Waals surface area contributed by atoms with Crippen molar-refractivity contribution in [2.24, 2.45) is 4.99 Å². The van der Waals surface area contributed by atoms with Gasteiger partial charge in [0.1, 0.15) is 10.7 Å². The Hall–Kier alpha value is -2.49. The third kappa shape index (κ3) is 3.50. The maximum absolute atomic E-state index is 13.3. The number of benzene rings is 2. The van der Waals surface area contributed by atoms with E-state index in [4.69, 9.17) is 9.73 Å². The average molecular weight is 469 g/mol. The molecular formula is C22H20N4O2S3. The topological polar surface area (TPSA) is 58.0 Å². The van der Waals surface area contributed by atoms with Gasteiger partial charge in [-0.1, -0.05) is 11.8 Å². The maximum atomic E-state index is 13.3. The maximum Gasteiger partial charge on any atom is 0.269 e. The number of amides is 1. The molecule has 0 spiro atoms. The molecule has 158 valence electrons. The lowest BCUT2D eigenvalue weighted by molar-refractivity contribution is -0.122. The molecule has 2 aromatic carbocycles. The van der Waals surface area contributed by atoms with Gasteiger partial charge in [-0.3, -0.25) is 9.69 Å². The van der Waals surface area contributed by atoms with Gasteiger partial charge in [-0.05, 0) is 55.9 Å². The number of methoxy groups -OCH3 is 1. The summed E-state index contributed by atoms with van der Waals surface area (Å²) in [4.78, 5) is 28.2. The highest BCUT2D eigenvalue weighted by molar-refractivity contribution is 8.19. The summed E-state index contributed by atoms with van der Waals surface area (Å²) in [5, 5.41) is 2.65. The molecule has 0 aliphatic carbocycles. The first-order valence-corrected chi connectivity index (χ1v) is 12.2. The number of hydrogen-bond acceptors (Lipinski definition) is 8. The Morgan fingerprint density at radius 1 is 1.16 bits per heavy atom. The van der Waals surface area contributed by atoms with Crippen molar-refractivity contribution < 1.29 is 9.53 Å². The van der Waals surface area contributed by atoms with E-state index in [9.17, 15) is 4.79 Å². The Morgan fingerprint density at radius 3 is 2.77 bits per heavy atom. The number of rotatable bonds is 3. The molecule has 1 saturated heterocycles. The Kier molecular flexibility index (Phi) is 5.19. The van der Waals surface area contributed by atoms with Crippen LogP contribution in [0.15, 0.2) is 56.2 Å². The molecule has 3 aromatic rings. The molecule has 0 unspecified atom stereocenters. The van der Waals surface area contributed by atoms with Crippen LogP contribution in [-0.2, 0) is 4.79 Å². The Labute approximate surface area is 193 Å². The molecule has 1 aromatic heterocycles. The van der Waals surface area contributed by atoms with Gasteiger partial charge in [-0.25, -0.2) is 9.98 Å². The van der Waals surface area contributed by atoms with Crippen molar-refractivity contribution in [2.75, 3.05) is 25.6 Å². The molecule has 0 saturated carbocycles. The molecule has 2 aliphatic rings. The van der Waals surface area contributed by atoms with Crippen molar-refractivity contribution in [1.29, 1.82) is 0 Å². The Bertz CT molecular complexity index is 1280. The van der Waals surface area contributed by atoms with Gasteiger partial charge in [0, 0.05) is 24.6 Å². The Balaban J connectivity index is 1.52. The lowest BCUT2D eigenvalue weighted by Crippen LogP contribution is -2.29. The molecule has 0 N–H and O–H groups in total. The highest BCUT2D eigenvalue weighted by Gasteiger charge is 2.38. The predicted octanol–water partition coefficient (Wildman–Crippen LogP) is 5.61. The zero-order valence-corrected chi connectivity index (χ0v) is 20.0. The molecule has 0 radical (unpaired) electrons. The predicted molar refractivity (Wildman–Crippen MR) is 131 cm³/mol. The number of amidine groups is 1. The molecule has 31 heavy (non-hydrogen) atoms. The number of thiazole rings is 1. The van der Waals surface area contributed by atoms with E-state index in [2.05, 4.69) is 9.88 Å². The first kappa shape index (κ1) is 20.4. The largest absolute Gasteiger partial charge is 0.497 e. The van der Waals surface area contributed by atoms with Crippen LogP contribution in [-0.4, -0.2) is 41.7 Å². The van der Waals surface area contributed by atoms with E-state index in [1.165, 1.54) is 11.8 Å². The second kappa shape index (κ2) is 7.89. The molecule has 1 fully saturated rings. The second-order valence-electron chi connectivity index (χ2n) is 7.06. The van der Waals surface area contributed by atoms with Crippen molar-refractivity contribution in [2.45, 2.75) is 18.7 Å². The smallest absolute Gasteiger partial charge is 0.269 e. The van der Waals surface area contributed by atoms with E-state index in [0.29, 0.717) is 16.6 Å². The van der Waals surface area contributed by atoms with E-state index in [1.54, 1.807) is 35.1 Å². The number of fused-ring (bicyclic) bond motifs is 2. The number of aliphatic imine (C=N–C) groups is 1. The SMILES string of the molecule is CCN1C(=O)/C(=C2/Sc3ccc(OC)cc3N2C)SC1=Nc1ccc2sc(C)nc2c1. The fourth-order valence-corrected chi connectivity index (χ4v) is 6.76. The van der Waals surface area contributed by atoms with Crippen molar-refractivity contribution in [3.8, 4) is 5.75 Å². The van der Waals surface area contributed by atoms with Gasteiger partial charge in [-0.2, -0.15) is 0 Å². The van der Waals surface area contributed by atoms with Crippen LogP contribution in [0, 0.1) is 6.92 Å². The summed E-state index contributed by atoms with van der Waals surface area (Å²) in [6.07, 6.45) is 0. The summed E-state index contributed by atoms with van der Waals surface area (Å²) in [5.74, 6) is 0.791. The lowest BCUT2D eigenvalue weighted by Gasteiger charge is -2.15. The summed E-state index contributed by atoms with van der Waals surface area (Å²) in [7, 11) is 3.64. The van der Waals surface area contributed by atoms with E-state index >= 15 is 0 Å². The molecule has 2 aliphatic heterocycles. The van der Waals surface area contributed by atoms with E-state index in [-0.39, 0.29) is 5.91 Å². The number of hydrogen-bond donors (Lipinski definition) is 0. The number of aryl methyl sites for hydroxylation is 1. The number of carbonyl (C=O) groups excluding carboxylic acids is 1. The molecule has 0 atom stereocenters. The molecule has 3 heterocycles. The van der Waals surface area contributed by atoms with Gasteiger partial charge >= 0.3 is 0 Å². The van der Waals surface area contributed by atoms with Gasteiger partial charge in [-0.15, -0.1) is 11.3 Å². The number of carbonyl (C=O) groups is 1. The molecule has 5 rings (SSSR count). The molecular weight excluding hydrogens is 448 g/mol. The van der Waals surface area contributed by atoms with Crippen LogP contribution in [0.2, 0.25) is 0 Å². The van der Waals surface area contributed by atoms with Crippen LogP contribution in [0.3, 0.4) is 0 Å². The number of thioether (sulfide) groups is 2. The summed E-state index contributed by atoms with van der Waals surface area (Å²) in [6.45, 7) is 4.54. The highest BCUT2D eigenvalue weighted by atomic mass is 32.2. The van der Waals surface area contributed by atoms with Crippen molar-refractivity contribution >= 4 is 67.5 Å². The summed E-state index contributed by atoms with van der Waals surface area (Å²) in [6, 6.07) is 12.0. The normalized spacial score (nSPS) is 19.7. The minimum absolute atomic E-state index is 0.00838. The molecule has 9 heteroatoms. The van der Waals surface area contributed by atoms with Crippen molar-refractivity contribution in [3.05, 3.63) is 51.3 Å². The summed E-state index contributed by atoms with van der Waals surface area (Å²) in [5.41, 5.74) is 2.78. The molecule has 0 bridgehead atoms. The van der Waals surface area contributed by atoms with Crippen LogP contribution in [0.1, 0.15) is 11.9 Å². The van der Waals surface area contributed by atoms with Crippen LogP contribution in [0.4, 0.5) is 11.4 Å². The van der Waals surface area contributed by atoms with Crippen LogP contribution in [0.5, 0.6) is 5.75 Å². The second-order valence-corrected chi connectivity index (χ2v) is 10.3. The Morgan fingerprint density at radius 2 is 2.00 bits per heavy atom. The number of likely N-dealkylation sites (N-methyl/N-ethyl adjacent to an activating group) is 1. The van der Waals surface area contributed by atoms with Gasteiger partial charge < -0.3 is 9.64 Å². The van der Waals surface area contributed by atoms with Gasteiger partial charge in [0.05, 0.1) is 38.7 Å². The van der Waals surface area contributed by atoms with Crippen LogP contribution >= 0.6 is 34.9 Å². The minimum Gasteiger partial charge on any atom is -0.497 e. The van der Waals surface area contributed by atoms with E-state index in [0.717, 1.165) is 42.3 Å². The monoisotopic (exact) mass is 468 g/mol. The minimum atomic E-state index is -0.00838. The number of nitrogens with zero attached hydrogens (tertiary/aromatic N) is 4. The third-order valence-corrected chi connectivity index (χ3v) is 8.50. The van der Waals surface area contributed by atoms with Crippen molar-refractivity contribution in [3.63, 3.8) is 0 Å². The van der Waals surface area contributed by atoms with E-state index < -0.39 is 0 Å². The van der Waals surface area contributed by atoms with Crippen LogP contribution < -0.4 is 9.64 Å². The summed E-state index contributed by atoms with van der Waals surface area (Å²) >= 11 is 4.71. The highest BCUT2D eigenvalue weighted by Crippen LogP contribution is 2.51. The first-order chi connectivity index (χ1) is 15.0. The zero-order valence-electron chi connectivity index (χ0n) is 17.5. The first-order valence-electron chi connectivity index (χ1n) is 9.78. The molecule has 6 nitrogen and oxygen atoms in total. The number of ether oxygens (including phenoxy) is 1. The quantitative estimate of drug-likeness (QED) is 0.466. The van der Waals surface area contributed by atoms with Gasteiger partial charge in [0.2, 0.25) is 0 Å². The fourth-order valence-electron chi connectivity index (χ4n) is 3.56. The standard InChI is InChI=1S/C22H20N4O2S3/c1-5-26-20(27)19(21-25(3)16-11-14(28-4)7-9-18(16)30-21)31-22(26)24-13-6-8-17-15(10-13)23-12(2)29-17/h6-11H,5H2,1-4H3/b21-19-,24-22?. The van der Waals surface area contributed by atoms with Crippen LogP contribution in [0.25, 0.3) is 10.2 Å². The zero-order chi connectivity index (χ0) is 21.7. The fraction of sp³-hybridized carbons (Fsp3) is 0.227.